The average Bonchev–Trinajstić information content (AvgIpc) is 3.41. The number of unbranched alkanes of at least 4 members (excludes halogenated alkanes) is 1. The smallest absolute Gasteiger partial charge is 0.356 e. The highest BCUT2D eigenvalue weighted by molar-refractivity contribution is 6.31. The van der Waals surface area contributed by atoms with E-state index in [0.717, 1.165) is 30.9 Å². The molecule has 1 heterocycles. The Labute approximate surface area is 259 Å². The Morgan fingerprint density at radius 1 is 0.955 bits per heavy atom. The van der Waals surface area contributed by atoms with Crippen LogP contribution in [0.3, 0.4) is 0 Å². The summed E-state index contributed by atoms with van der Waals surface area (Å²) in [5.74, 6) is -0.199. The highest BCUT2D eigenvalue weighted by atomic mass is 35.5. The summed E-state index contributed by atoms with van der Waals surface area (Å²) in [5.41, 5.74) is 0.633. The zero-order chi connectivity index (χ0) is 31.3. The van der Waals surface area contributed by atoms with Crippen LogP contribution in [0.5, 0.6) is 0 Å². The van der Waals surface area contributed by atoms with Gasteiger partial charge in [0.15, 0.2) is 0 Å². The molecule has 4 N–H and O–H groups in total. The van der Waals surface area contributed by atoms with E-state index >= 15 is 0 Å². The van der Waals surface area contributed by atoms with Crippen molar-refractivity contribution in [3.05, 3.63) is 81.9 Å². The molecular formula is C33H35ClF3N5O2. The number of imidazole rings is 1. The Hall–Kier alpha value is -4.05. The number of alkyl halides is 3. The van der Waals surface area contributed by atoms with Crippen LogP contribution in [0.4, 0.5) is 30.5 Å². The Morgan fingerprint density at radius 2 is 1.70 bits per heavy atom. The maximum Gasteiger partial charge on any atom is 0.417 e. The normalized spacial score (nSPS) is 14.0. The topological polar surface area (TPSA) is 98.9 Å². The third-order valence-corrected chi connectivity index (χ3v) is 8.55. The van der Waals surface area contributed by atoms with Gasteiger partial charge in [-0.05, 0) is 61.2 Å². The number of rotatable bonds is 10. The van der Waals surface area contributed by atoms with E-state index in [1.165, 1.54) is 56.7 Å². The molecule has 0 atom stereocenters. The highest BCUT2D eigenvalue weighted by Crippen LogP contribution is 2.33. The minimum atomic E-state index is -4.71. The molecule has 4 aromatic rings. The van der Waals surface area contributed by atoms with E-state index in [1.54, 1.807) is 31.2 Å². The number of H-pyrrole nitrogens is 1. The van der Waals surface area contributed by atoms with Gasteiger partial charge in [-0.15, -0.1) is 0 Å². The number of carbonyl (C=O) groups is 2. The molecule has 232 valence electrons. The van der Waals surface area contributed by atoms with Crippen LogP contribution >= 0.6 is 11.6 Å². The largest absolute Gasteiger partial charge is 0.417 e. The number of aromatic amines is 1. The molecule has 2 amide bonds. The molecule has 0 saturated heterocycles. The minimum absolute atomic E-state index is 0.128. The number of hydrogen-bond donors (Lipinski definition) is 4. The van der Waals surface area contributed by atoms with Crippen LogP contribution in [0.1, 0.15) is 83.2 Å². The molecule has 44 heavy (non-hydrogen) atoms. The van der Waals surface area contributed by atoms with Crippen molar-refractivity contribution in [1.29, 1.82) is 0 Å². The van der Waals surface area contributed by atoms with Gasteiger partial charge in [-0.3, -0.25) is 9.59 Å². The number of halogens is 4. The Morgan fingerprint density at radius 3 is 2.48 bits per heavy atom. The molecule has 1 fully saturated rings. The van der Waals surface area contributed by atoms with Crippen molar-refractivity contribution in [2.75, 3.05) is 22.5 Å². The van der Waals surface area contributed by atoms with Crippen LogP contribution < -0.4 is 16.0 Å². The van der Waals surface area contributed by atoms with E-state index in [0.29, 0.717) is 39.8 Å². The van der Waals surface area contributed by atoms with Gasteiger partial charge >= 0.3 is 6.18 Å². The SMILES string of the molecule is Cc1c(Cl)cccc1NC(=O)c1cc(NC(=O)c2ccccc2C(F)(F)F)cc2[nH]c(NCCCCC3CCCCC3)nc12. The monoisotopic (exact) mass is 625 g/mol. The lowest BCUT2D eigenvalue weighted by atomic mass is 9.86. The maximum atomic E-state index is 13.6. The summed E-state index contributed by atoms with van der Waals surface area (Å²) in [5, 5.41) is 9.14. The predicted octanol–water partition coefficient (Wildman–Crippen LogP) is 9.21. The summed E-state index contributed by atoms with van der Waals surface area (Å²) in [6.07, 6.45) is 5.21. The van der Waals surface area contributed by atoms with Crippen molar-refractivity contribution in [3.8, 4) is 0 Å². The number of carbonyl (C=O) groups excluding carboxylic acids is 2. The quantitative estimate of drug-likeness (QED) is 0.132. The molecule has 1 saturated carbocycles. The van der Waals surface area contributed by atoms with Crippen LogP contribution in [0, 0.1) is 12.8 Å². The summed E-state index contributed by atoms with van der Waals surface area (Å²) in [4.78, 5) is 34.3. The van der Waals surface area contributed by atoms with E-state index in [-0.39, 0.29) is 11.3 Å². The van der Waals surface area contributed by atoms with Crippen LogP contribution in [-0.4, -0.2) is 28.3 Å². The van der Waals surface area contributed by atoms with E-state index in [2.05, 4.69) is 25.9 Å². The molecule has 7 nitrogen and oxygen atoms in total. The molecule has 0 unspecified atom stereocenters. The molecule has 3 aromatic carbocycles. The van der Waals surface area contributed by atoms with Gasteiger partial charge < -0.3 is 20.9 Å². The van der Waals surface area contributed by atoms with Crippen molar-refractivity contribution in [3.63, 3.8) is 0 Å². The molecule has 11 heteroatoms. The summed E-state index contributed by atoms with van der Waals surface area (Å²) in [6.45, 7) is 2.46. The first kappa shape index (κ1) is 31.4. The van der Waals surface area contributed by atoms with E-state index in [1.807, 2.05) is 0 Å². The average molecular weight is 626 g/mol. The zero-order valence-electron chi connectivity index (χ0n) is 24.4. The van der Waals surface area contributed by atoms with Crippen molar-refractivity contribution >= 4 is 51.8 Å². The second-order valence-electron chi connectivity index (χ2n) is 11.3. The van der Waals surface area contributed by atoms with Crippen LogP contribution in [0.2, 0.25) is 5.02 Å². The van der Waals surface area contributed by atoms with Gasteiger partial charge in [-0.2, -0.15) is 13.2 Å². The first-order chi connectivity index (χ1) is 21.1. The Kier molecular flexibility index (Phi) is 9.78. The lowest BCUT2D eigenvalue weighted by Gasteiger charge is -2.21. The lowest BCUT2D eigenvalue weighted by Crippen LogP contribution is -2.19. The number of benzene rings is 3. The second-order valence-corrected chi connectivity index (χ2v) is 11.7. The fourth-order valence-corrected chi connectivity index (χ4v) is 5.92. The van der Waals surface area contributed by atoms with Crippen LogP contribution in [0.25, 0.3) is 11.0 Å². The summed E-state index contributed by atoms with van der Waals surface area (Å²) >= 11 is 6.24. The molecule has 0 aliphatic heterocycles. The van der Waals surface area contributed by atoms with Crippen molar-refractivity contribution in [2.24, 2.45) is 5.92 Å². The van der Waals surface area contributed by atoms with Gasteiger partial charge in [0.1, 0.15) is 5.52 Å². The molecule has 1 aliphatic carbocycles. The Bertz CT molecular complexity index is 1650. The maximum absolute atomic E-state index is 13.6. The predicted molar refractivity (Wildman–Crippen MR) is 169 cm³/mol. The number of nitrogens with zero attached hydrogens (tertiary/aromatic N) is 1. The van der Waals surface area contributed by atoms with Crippen molar-refractivity contribution in [1.82, 2.24) is 9.97 Å². The van der Waals surface area contributed by atoms with Crippen LogP contribution in [0.15, 0.2) is 54.6 Å². The number of hydrogen-bond acceptors (Lipinski definition) is 4. The van der Waals surface area contributed by atoms with E-state index in [4.69, 9.17) is 11.6 Å². The third-order valence-electron chi connectivity index (χ3n) is 8.14. The van der Waals surface area contributed by atoms with E-state index in [9.17, 15) is 22.8 Å². The molecule has 1 aliphatic rings. The van der Waals surface area contributed by atoms with Gasteiger partial charge in [-0.1, -0.05) is 74.7 Å². The third kappa shape index (κ3) is 7.53. The van der Waals surface area contributed by atoms with Gasteiger partial charge in [0.2, 0.25) is 5.95 Å². The first-order valence-electron chi connectivity index (χ1n) is 14.9. The Balaban J connectivity index is 1.39. The summed E-state index contributed by atoms with van der Waals surface area (Å²) < 4.78 is 40.7. The number of amides is 2. The number of nitrogens with one attached hydrogen (secondary N) is 4. The van der Waals surface area contributed by atoms with Crippen LogP contribution in [-0.2, 0) is 6.18 Å². The number of fused-ring (bicyclic) bond motifs is 1. The fourth-order valence-electron chi connectivity index (χ4n) is 5.75. The van der Waals surface area contributed by atoms with Gasteiger partial charge in [0.25, 0.3) is 11.8 Å². The van der Waals surface area contributed by atoms with Gasteiger partial charge in [0.05, 0.1) is 22.2 Å². The molecule has 0 bridgehead atoms. The first-order valence-corrected chi connectivity index (χ1v) is 15.3. The summed E-state index contributed by atoms with van der Waals surface area (Å²) in [7, 11) is 0. The highest BCUT2D eigenvalue weighted by Gasteiger charge is 2.35. The summed E-state index contributed by atoms with van der Waals surface area (Å²) in [6, 6.07) is 12.6. The lowest BCUT2D eigenvalue weighted by molar-refractivity contribution is -0.137. The zero-order valence-corrected chi connectivity index (χ0v) is 25.2. The van der Waals surface area contributed by atoms with Gasteiger partial charge in [0, 0.05) is 22.9 Å². The van der Waals surface area contributed by atoms with E-state index < -0.39 is 29.1 Å². The fraction of sp³-hybridized carbons (Fsp3) is 0.364. The number of aromatic nitrogens is 2. The van der Waals surface area contributed by atoms with Crippen molar-refractivity contribution < 1.29 is 22.8 Å². The van der Waals surface area contributed by atoms with Gasteiger partial charge in [-0.25, -0.2) is 4.98 Å². The van der Waals surface area contributed by atoms with Crippen molar-refractivity contribution in [2.45, 2.75) is 64.5 Å². The standard InChI is InChI=1S/C33H35ClF3N5O2/c1-20-26(34)15-9-16-27(20)40-31(44)24-18-22(39-30(43)23-13-5-6-14-25(23)33(35,36)37)19-28-29(24)42-32(41-28)38-17-8-7-12-21-10-3-2-4-11-21/h5-6,9,13-16,18-19,21H,2-4,7-8,10-12,17H2,1H3,(H,39,43)(H,40,44)(H2,38,41,42). The minimum Gasteiger partial charge on any atom is -0.356 e. The molecular weight excluding hydrogens is 591 g/mol. The molecule has 1 aromatic heterocycles. The molecule has 0 spiro atoms. The second kappa shape index (κ2) is 13.7. The molecule has 5 rings (SSSR count). The molecule has 0 radical (unpaired) electrons. The number of anilines is 3.